The lowest BCUT2D eigenvalue weighted by atomic mass is 9.86. The highest BCUT2D eigenvalue weighted by Gasteiger charge is 2.24. The molecule has 0 bridgehead atoms. The van der Waals surface area contributed by atoms with Gasteiger partial charge in [-0.15, -0.1) is 0 Å². The van der Waals surface area contributed by atoms with Crippen molar-refractivity contribution in [3.8, 4) is 0 Å². The van der Waals surface area contributed by atoms with Crippen LogP contribution in [0.2, 0.25) is 0 Å². The summed E-state index contributed by atoms with van der Waals surface area (Å²) < 4.78 is 0. The summed E-state index contributed by atoms with van der Waals surface area (Å²) in [6, 6.07) is 0. The monoisotopic (exact) mass is 141 g/mol. The molecular weight excluding hydrogens is 126 g/mol. The largest absolute Gasteiger partial charge is 0.310 e. The van der Waals surface area contributed by atoms with E-state index >= 15 is 0 Å². The average Bonchev–Trinajstić information content (AvgIpc) is 1.88. The van der Waals surface area contributed by atoms with Crippen LogP contribution < -0.4 is 5.32 Å². The second-order valence-electron chi connectivity index (χ2n) is 3.28. The second kappa shape index (κ2) is 3.15. The van der Waals surface area contributed by atoms with Crippen molar-refractivity contribution >= 4 is 5.78 Å². The predicted molar refractivity (Wildman–Crippen MR) is 40.8 cm³/mol. The van der Waals surface area contributed by atoms with E-state index in [2.05, 4.69) is 19.2 Å². The van der Waals surface area contributed by atoms with Crippen molar-refractivity contribution < 1.29 is 4.79 Å². The van der Waals surface area contributed by atoms with Crippen LogP contribution in [0.5, 0.6) is 0 Å². The molecule has 2 nitrogen and oxygen atoms in total. The number of carbonyl (C=O) groups excluding carboxylic acids is 1. The Bertz CT molecular complexity index is 131. The Kier molecular flexibility index (Phi) is 2.44. The van der Waals surface area contributed by atoms with Crippen LogP contribution in [-0.2, 0) is 4.79 Å². The van der Waals surface area contributed by atoms with Gasteiger partial charge >= 0.3 is 0 Å². The van der Waals surface area contributed by atoms with Gasteiger partial charge in [-0.2, -0.15) is 0 Å². The summed E-state index contributed by atoms with van der Waals surface area (Å²) in [5, 5.41) is 3.07. The smallest absolute Gasteiger partial charge is 0.149 e. The van der Waals surface area contributed by atoms with Crippen LogP contribution in [0, 0.1) is 11.8 Å². The minimum atomic E-state index is 0.321. The molecule has 1 saturated heterocycles. The molecule has 0 radical (unpaired) electrons. The summed E-state index contributed by atoms with van der Waals surface area (Å²) in [4.78, 5) is 11.2. The van der Waals surface area contributed by atoms with Crippen LogP contribution in [-0.4, -0.2) is 18.9 Å². The van der Waals surface area contributed by atoms with Crippen molar-refractivity contribution in [3.05, 3.63) is 0 Å². The summed E-state index contributed by atoms with van der Waals surface area (Å²) in [5.74, 6) is 1.23. The maximum absolute atomic E-state index is 11.2. The number of piperidine rings is 1. The molecule has 58 valence electrons. The molecule has 0 aliphatic carbocycles. The first-order chi connectivity index (χ1) is 4.72. The maximum Gasteiger partial charge on any atom is 0.149 e. The van der Waals surface area contributed by atoms with Crippen molar-refractivity contribution in [2.24, 2.45) is 11.8 Å². The molecule has 0 unspecified atom stereocenters. The van der Waals surface area contributed by atoms with Gasteiger partial charge in [0, 0.05) is 5.92 Å². The SMILES string of the molecule is CC(C)[C@@H]1CCNCC1=O. The molecule has 1 atom stereocenters. The van der Waals surface area contributed by atoms with E-state index in [0.717, 1.165) is 13.0 Å². The molecule has 1 heterocycles. The van der Waals surface area contributed by atoms with Crippen molar-refractivity contribution in [2.45, 2.75) is 20.3 Å². The van der Waals surface area contributed by atoms with E-state index in [1.54, 1.807) is 0 Å². The lowest BCUT2D eigenvalue weighted by Crippen LogP contribution is -2.38. The molecule has 1 fully saturated rings. The quantitative estimate of drug-likeness (QED) is 0.585. The molecule has 10 heavy (non-hydrogen) atoms. The van der Waals surface area contributed by atoms with E-state index in [1.807, 2.05) is 0 Å². The predicted octanol–water partition coefficient (Wildman–Crippen LogP) is 0.821. The Balaban J connectivity index is 2.48. The first kappa shape index (κ1) is 7.73. The molecule has 1 aliphatic rings. The van der Waals surface area contributed by atoms with Crippen molar-refractivity contribution in [1.29, 1.82) is 0 Å². The van der Waals surface area contributed by atoms with Gasteiger partial charge in [-0.25, -0.2) is 0 Å². The molecule has 0 aromatic carbocycles. The number of Topliss-reactive ketones (excluding diaryl/α,β-unsaturated/α-hetero) is 1. The molecule has 1 N–H and O–H groups in total. The topological polar surface area (TPSA) is 29.1 Å². The molecule has 2 heteroatoms. The molecule has 0 spiro atoms. The minimum Gasteiger partial charge on any atom is -0.310 e. The molecule has 1 aliphatic heterocycles. The van der Waals surface area contributed by atoms with Gasteiger partial charge in [0.2, 0.25) is 0 Å². The standard InChI is InChI=1S/C8H15NO/c1-6(2)7-3-4-9-5-8(7)10/h6-7,9H,3-5H2,1-2H3/t7-/m0/s1. The third kappa shape index (κ3) is 1.57. The van der Waals surface area contributed by atoms with Gasteiger partial charge in [0.1, 0.15) is 5.78 Å². The second-order valence-corrected chi connectivity index (χ2v) is 3.28. The zero-order chi connectivity index (χ0) is 7.56. The highest BCUT2D eigenvalue weighted by molar-refractivity contribution is 5.83. The van der Waals surface area contributed by atoms with Gasteiger partial charge in [-0.05, 0) is 18.9 Å². The zero-order valence-corrected chi connectivity index (χ0v) is 6.68. The maximum atomic E-state index is 11.2. The average molecular weight is 141 g/mol. The van der Waals surface area contributed by atoms with E-state index in [1.165, 1.54) is 0 Å². The first-order valence-electron chi connectivity index (χ1n) is 3.95. The Labute approximate surface area is 62.0 Å². The fraction of sp³-hybridized carbons (Fsp3) is 0.875. The van der Waals surface area contributed by atoms with E-state index < -0.39 is 0 Å². The molecule has 1 rings (SSSR count). The highest BCUT2D eigenvalue weighted by Crippen LogP contribution is 2.17. The number of hydrogen-bond donors (Lipinski definition) is 1. The fourth-order valence-electron chi connectivity index (χ4n) is 1.47. The van der Waals surface area contributed by atoms with Crippen LogP contribution in [0.25, 0.3) is 0 Å². The van der Waals surface area contributed by atoms with Gasteiger partial charge in [0.15, 0.2) is 0 Å². The number of rotatable bonds is 1. The number of carbonyl (C=O) groups is 1. The van der Waals surface area contributed by atoms with E-state index in [4.69, 9.17) is 0 Å². The van der Waals surface area contributed by atoms with Gasteiger partial charge in [-0.3, -0.25) is 4.79 Å². The van der Waals surface area contributed by atoms with E-state index in [9.17, 15) is 4.79 Å². The van der Waals surface area contributed by atoms with Crippen LogP contribution in [0.15, 0.2) is 0 Å². The third-order valence-corrected chi connectivity index (χ3v) is 2.15. The van der Waals surface area contributed by atoms with Crippen LogP contribution in [0.4, 0.5) is 0 Å². The van der Waals surface area contributed by atoms with Gasteiger partial charge < -0.3 is 5.32 Å². The molecular formula is C8H15NO. The zero-order valence-electron chi connectivity index (χ0n) is 6.68. The van der Waals surface area contributed by atoms with E-state index in [-0.39, 0.29) is 0 Å². The number of ketones is 1. The van der Waals surface area contributed by atoms with Crippen LogP contribution in [0.3, 0.4) is 0 Å². The fourth-order valence-corrected chi connectivity index (χ4v) is 1.47. The summed E-state index contributed by atoms with van der Waals surface area (Å²) in [6.07, 6.45) is 1.02. The Hall–Kier alpha value is -0.370. The van der Waals surface area contributed by atoms with Crippen LogP contribution >= 0.6 is 0 Å². The summed E-state index contributed by atoms with van der Waals surface area (Å²) in [6.45, 7) is 5.83. The molecule has 0 saturated carbocycles. The molecule has 0 aromatic rings. The minimum absolute atomic E-state index is 0.321. The van der Waals surface area contributed by atoms with Crippen molar-refractivity contribution in [2.75, 3.05) is 13.1 Å². The van der Waals surface area contributed by atoms with Crippen molar-refractivity contribution in [3.63, 3.8) is 0 Å². The summed E-state index contributed by atoms with van der Waals surface area (Å²) in [5.41, 5.74) is 0. The van der Waals surface area contributed by atoms with E-state index in [0.29, 0.717) is 24.2 Å². The molecule has 0 aromatic heterocycles. The third-order valence-electron chi connectivity index (χ3n) is 2.15. The Morgan fingerprint density at radius 3 is 2.70 bits per heavy atom. The lowest BCUT2D eigenvalue weighted by molar-refractivity contribution is -0.124. The number of hydrogen-bond acceptors (Lipinski definition) is 2. The Morgan fingerprint density at radius 1 is 1.60 bits per heavy atom. The normalized spacial score (nSPS) is 27.5. The number of nitrogens with one attached hydrogen (secondary N) is 1. The first-order valence-corrected chi connectivity index (χ1v) is 3.95. The highest BCUT2D eigenvalue weighted by atomic mass is 16.1. The van der Waals surface area contributed by atoms with Gasteiger partial charge in [-0.1, -0.05) is 13.8 Å². The summed E-state index contributed by atoms with van der Waals surface area (Å²) >= 11 is 0. The Morgan fingerprint density at radius 2 is 2.30 bits per heavy atom. The van der Waals surface area contributed by atoms with Crippen LogP contribution in [0.1, 0.15) is 20.3 Å². The van der Waals surface area contributed by atoms with Gasteiger partial charge in [0.25, 0.3) is 0 Å². The van der Waals surface area contributed by atoms with Gasteiger partial charge in [0.05, 0.1) is 6.54 Å². The van der Waals surface area contributed by atoms with Crippen molar-refractivity contribution in [1.82, 2.24) is 5.32 Å². The summed E-state index contributed by atoms with van der Waals surface area (Å²) in [7, 11) is 0. The lowest BCUT2D eigenvalue weighted by Gasteiger charge is -2.24. The molecule has 0 amide bonds.